The van der Waals surface area contributed by atoms with E-state index in [1.807, 2.05) is 0 Å². The molecule has 0 bridgehead atoms. The van der Waals surface area contributed by atoms with Crippen LogP contribution in [0.2, 0.25) is 0 Å². The third-order valence-corrected chi connectivity index (χ3v) is 14.8. The molecular weight excluding hydrogens is 869 g/mol. The number of rotatable bonds is 8. The Morgan fingerprint density at radius 2 is 0.583 bits per heavy atom. The number of hydrogen-bond donors (Lipinski definition) is 0. The molecule has 0 fully saturated rings. The maximum Gasteiger partial charge on any atom is 0.0541 e. The Morgan fingerprint density at radius 3 is 1.12 bits per heavy atom. The zero-order valence-corrected chi connectivity index (χ0v) is 39.5. The van der Waals surface area contributed by atoms with E-state index in [2.05, 4.69) is 289 Å². The summed E-state index contributed by atoms with van der Waals surface area (Å²) in [4.78, 5) is 2.39. The van der Waals surface area contributed by atoms with Crippen molar-refractivity contribution in [1.29, 1.82) is 0 Å². The minimum absolute atomic E-state index is 1.10. The normalized spacial score (nSPS) is 11.6. The van der Waals surface area contributed by atoms with E-state index in [0.29, 0.717) is 0 Å². The van der Waals surface area contributed by atoms with Crippen molar-refractivity contribution in [2.24, 2.45) is 0 Å². The van der Waals surface area contributed by atoms with Gasteiger partial charge < -0.3 is 9.47 Å². The largest absolute Gasteiger partial charge is 0.310 e. The summed E-state index contributed by atoms with van der Waals surface area (Å²) < 4.78 is 2.43. The Balaban J connectivity index is 0.859. The van der Waals surface area contributed by atoms with Gasteiger partial charge in [0.2, 0.25) is 0 Å². The molecule has 0 aliphatic heterocycles. The average Bonchev–Trinajstić information content (AvgIpc) is 3.79. The van der Waals surface area contributed by atoms with Gasteiger partial charge in [0.1, 0.15) is 0 Å². The molecule has 336 valence electrons. The SMILES string of the molecule is c1ccc(-c2ccc(N(c3ccc(-c4ccc5c(c4)c4cc(-c6ccccc6)ccc4n5-c4ccc(-c5ccc6c7ccccc7c7ccccc7c6c5)cc4)cc3)c3cccc4ccccc34)cc2)cc1. The lowest BCUT2D eigenvalue weighted by Gasteiger charge is -2.27. The monoisotopic (exact) mass is 914 g/mol. The van der Waals surface area contributed by atoms with Gasteiger partial charge in [0.15, 0.2) is 0 Å². The van der Waals surface area contributed by atoms with Gasteiger partial charge in [-0.1, -0.05) is 206 Å². The van der Waals surface area contributed by atoms with Gasteiger partial charge in [-0.25, -0.2) is 0 Å². The molecule has 0 amide bonds. The zero-order valence-electron chi connectivity index (χ0n) is 39.5. The molecule has 0 unspecified atom stereocenters. The predicted octanol–water partition coefficient (Wildman–Crippen LogP) is 19.5. The van der Waals surface area contributed by atoms with Crippen LogP contribution in [0.1, 0.15) is 0 Å². The Labute approximate surface area is 418 Å². The first-order valence-corrected chi connectivity index (χ1v) is 24.8. The van der Waals surface area contributed by atoms with E-state index in [-0.39, 0.29) is 0 Å². The lowest BCUT2D eigenvalue weighted by atomic mass is 9.92. The summed E-state index contributed by atoms with van der Waals surface area (Å²) in [6.07, 6.45) is 0. The van der Waals surface area contributed by atoms with Crippen molar-refractivity contribution in [3.63, 3.8) is 0 Å². The first kappa shape index (κ1) is 41.5. The van der Waals surface area contributed by atoms with Crippen LogP contribution in [-0.2, 0) is 0 Å². The number of aromatic nitrogens is 1. The molecule has 14 aromatic rings. The van der Waals surface area contributed by atoms with E-state index in [4.69, 9.17) is 0 Å². The van der Waals surface area contributed by atoms with Crippen LogP contribution in [0.3, 0.4) is 0 Å². The van der Waals surface area contributed by atoms with Gasteiger partial charge in [-0.05, 0) is 155 Å². The second-order valence-corrected chi connectivity index (χ2v) is 18.9. The Hall–Kier alpha value is -9.50. The molecule has 1 aromatic heterocycles. The topological polar surface area (TPSA) is 8.17 Å². The fraction of sp³-hybridized carbons (Fsp3) is 0. The third-order valence-electron chi connectivity index (χ3n) is 14.8. The number of benzene rings is 13. The summed E-state index contributed by atoms with van der Waals surface area (Å²) in [5.41, 5.74) is 16.4. The van der Waals surface area contributed by atoms with Crippen LogP contribution >= 0.6 is 0 Å². The lowest BCUT2D eigenvalue weighted by molar-refractivity contribution is 1.18. The number of fused-ring (bicyclic) bond motifs is 10. The van der Waals surface area contributed by atoms with Gasteiger partial charge in [0, 0.05) is 33.2 Å². The van der Waals surface area contributed by atoms with Crippen LogP contribution in [-0.4, -0.2) is 4.57 Å². The molecule has 72 heavy (non-hydrogen) atoms. The molecule has 0 radical (unpaired) electrons. The van der Waals surface area contributed by atoms with Gasteiger partial charge in [-0.15, -0.1) is 0 Å². The average molecular weight is 915 g/mol. The van der Waals surface area contributed by atoms with E-state index in [1.54, 1.807) is 0 Å². The Kier molecular flexibility index (Phi) is 9.89. The predicted molar refractivity (Wildman–Crippen MR) is 307 cm³/mol. The smallest absolute Gasteiger partial charge is 0.0541 e. The van der Waals surface area contributed by atoms with Crippen LogP contribution in [0, 0.1) is 0 Å². The molecule has 1 heterocycles. The maximum absolute atomic E-state index is 2.43. The molecule has 0 aliphatic carbocycles. The van der Waals surface area contributed by atoms with E-state index < -0.39 is 0 Å². The molecule has 0 atom stereocenters. The molecule has 14 rings (SSSR count). The van der Waals surface area contributed by atoms with Crippen molar-refractivity contribution < 1.29 is 0 Å². The molecule has 0 N–H and O–H groups in total. The highest BCUT2D eigenvalue weighted by Crippen LogP contribution is 2.43. The molecule has 2 nitrogen and oxygen atoms in total. The van der Waals surface area contributed by atoms with Crippen LogP contribution in [0.4, 0.5) is 17.1 Å². The Morgan fingerprint density at radius 1 is 0.222 bits per heavy atom. The van der Waals surface area contributed by atoms with Crippen LogP contribution in [0.25, 0.3) is 115 Å². The molecular formula is C70H46N2. The minimum Gasteiger partial charge on any atom is -0.310 e. The minimum atomic E-state index is 1.10. The van der Waals surface area contributed by atoms with Gasteiger partial charge in [0.25, 0.3) is 0 Å². The standard InChI is InChI=1S/C70H46N2/c1-3-14-47(15-4-1)49-26-35-56(36-27-49)71(68-25-13-19-52-18-7-8-20-59(52)68)57-37-28-51(29-38-57)55-34-43-70-67(46-55)66-45-54(48-16-5-2-6-17-48)33-42-69(66)72(70)58-39-30-50(31-40-58)53-32-41-64-62-23-10-9-21-60(62)61-22-11-12-24-63(61)65(64)44-53/h1-46H. The van der Waals surface area contributed by atoms with Crippen molar-refractivity contribution in [2.45, 2.75) is 0 Å². The summed E-state index contributed by atoms with van der Waals surface area (Å²) in [5, 5.41) is 12.6. The highest BCUT2D eigenvalue weighted by Gasteiger charge is 2.19. The maximum atomic E-state index is 2.43. The molecule has 13 aromatic carbocycles. The molecule has 0 aliphatic rings. The summed E-state index contributed by atoms with van der Waals surface area (Å²) in [6.45, 7) is 0. The number of hydrogen-bond acceptors (Lipinski definition) is 1. The van der Waals surface area contributed by atoms with Crippen molar-refractivity contribution in [3.8, 4) is 50.2 Å². The first-order chi connectivity index (χ1) is 35.7. The third kappa shape index (κ3) is 7.03. The van der Waals surface area contributed by atoms with Crippen LogP contribution in [0.5, 0.6) is 0 Å². The van der Waals surface area contributed by atoms with Crippen molar-refractivity contribution in [1.82, 2.24) is 4.57 Å². The summed E-state index contributed by atoms with van der Waals surface area (Å²) >= 11 is 0. The van der Waals surface area contributed by atoms with Gasteiger partial charge in [0.05, 0.1) is 16.7 Å². The number of nitrogens with zero attached hydrogens (tertiary/aromatic N) is 2. The van der Waals surface area contributed by atoms with E-state index in [1.165, 1.54) is 109 Å². The van der Waals surface area contributed by atoms with E-state index in [9.17, 15) is 0 Å². The lowest BCUT2D eigenvalue weighted by Crippen LogP contribution is -2.10. The van der Waals surface area contributed by atoms with Crippen LogP contribution in [0.15, 0.2) is 279 Å². The molecule has 0 spiro atoms. The number of anilines is 3. The first-order valence-electron chi connectivity index (χ1n) is 24.8. The fourth-order valence-electron chi connectivity index (χ4n) is 11.2. The fourth-order valence-corrected chi connectivity index (χ4v) is 11.2. The van der Waals surface area contributed by atoms with Gasteiger partial charge in [-0.2, -0.15) is 0 Å². The summed E-state index contributed by atoms with van der Waals surface area (Å²) in [6, 6.07) is 102. The van der Waals surface area contributed by atoms with Crippen molar-refractivity contribution in [3.05, 3.63) is 279 Å². The second kappa shape index (κ2) is 17.2. The molecule has 2 heteroatoms. The quantitative estimate of drug-likeness (QED) is 0.138. The van der Waals surface area contributed by atoms with E-state index in [0.717, 1.165) is 22.7 Å². The van der Waals surface area contributed by atoms with Gasteiger partial charge in [-0.3, -0.25) is 0 Å². The van der Waals surface area contributed by atoms with Gasteiger partial charge >= 0.3 is 0 Å². The van der Waals surface area contributed by atoms with Crippen molar-refractivity contribution in [2.75, 3.05) is 4.90 Å². The zero-order chi connectivity index (χ0) is 47.5. The summed E-state index contributed by atoms with van der Waals surface area (Å²) in [5.74, 6) is 0. The summed E-state index contributed by atoms with van der Waals surface area (Å²) in [7, 11) is 0. The highest BCUT2D eigenvalue weighted by molar-refractivity contribution is 6.25. The second-order valence-electron chi connectivity index (χ2n) is 18.9. The van der Waals surface area contributed by atoms with E-state index >= 15 is 0 Å². The Bertz CT molecular complexity index is 4300. The molecule has 0 saturated carbocycles. The highest BCUT2D eigenvalue weighted by atomic mass is 15.1. The molecule has 0 saturated heterocycles. The van der Waals surface area contributed by atoms with Crippen LogP contribution < -0.4 is 4.90 Å². The van der Waals surface area contributed by atoms with Crippen molar-refractivity contribution >= 4 is 82.0 Å².